The summed E-state index contributed by atoms with van der Waals surface area (Å²) < 4.78 is 1.44. The second kappa shape index (κ2) is 4.20. The zero-order valence-corrected chi connectivity index (χ0v) is 8.33. The van der Waals surface area contributed by atoms with E-state index in [0.29, 0.717) is 0 Å². The summed E-state index contributed by atoms with van der Waals surface area (Å²) in [6, 6.07) is 0. The third-order valence-electron chi connectivity index (χ3n) is 0.844. The van der Waals surface area contributed by atoms with Gasteiger partial charge in [0.25, 0.3) is 0 Å². The molecule has 0 aromatic carbocycles. The molecule has 8 heavy (non-hydrogen) atoms. The standard InChI is InChI=1S/C7H11.W/c1-4-6-7(3)5-2;/h6H,2,5H2,1,3H3;/q-1;/b7-6-;. The summed E-state index contributed by atoms with van der Waals surface area (Å²) in [5, 5.41) is 0. The summed E-state index contributed by atoms with van der Waals surface area (Å²) in [5.41, 5.74) is 1.37. The van der Waals surface area contributed by atoms with Gasteiger partial charge in [-0.2, -0.15) is 0 Å². The summed E-state index contributed by atoms with van der Waals surface area (Å²) in [7, 11) is 0. The van der Waals surface area contributed by atoms with Crippen LogP contribution in [0.1, 0.15) is 20.3 Å². The molecule has 0 atom stereocenters. The van der Waals surface area contributed by atoms with Gasteiger partial charge in [-0.1, -0.05) is 0 Å². The van der Waals surface area contributed by atoms with Crippen LogP contribution < -0.4 is 0 Å². The molecular formula is C7H11W-. The Hall–Kier alpha value is 0.298. The monoisotopic (exact) mass is 279 g/mol. The van der Waals surface area contributed by atoms with Gasteiger partial charge in [-0.05, 0) is 0 Å². The van der Waals surface area contributed by atoms with Crippen molar-refractivity contribution in [3.05, 3.63) is 18.6 Å². The van der Waals surface area contributed by atoms with Gasteiger partial charge in [0, 0.05) is 0 Å². The number of hydrogen-bond donors (Lipinski definition) is 0. The van der Waals surface area contributed by atoms with Crippen molar-refractivity contribution in [2.45, 2.75) is 20.3 Å². The van der Waals surface area contributed by atoms with E-state index in [-0.39, 0.29) is 0 Å². The molecule has 46 valence electrons. The molecule has 0 N–H and O–H groups in total. The Morgan fingerprint density at radius 1 is 1.62 bits per heavy atom. The molecule has 0 saturated carbocycles. The molecule has 0 aliphatic heterocycles. The van der Waals surface area contributed by atoms with E-state index in [2.05, 4.69) is 26.8 Å². The van der Waals surface area contributed by atoms with Crippen LogP contribution in [0.15, 0.2) is 11.6 Å². The Labute approximate surface area is 62.4 Å². The van der Waals surface area contributed by atoms with Gasteiger partial charge in [-0.15, -0.1) is 0 Å². The predicted octanol–water partition coefficient (Wildman–Crippen LogP) is 1.90. The van der Waals surface area contributed by atoms with Gasteiger partial charge >= 0.3 is 62.1 Å². The van der Waals surface area contributed by atoms with Gasteiger partial charge in [0.05, 0.1) is 0 Å². The zero-order chi connectivity index (χ0) is 6.57. The van der Waals surface area contributed by atoms with Crippen LogP contribution in [0.4, 0.5) is 0 Å². The zero-order valence-electron chi connectivity index (χ0n) is 5.40. The van der Waals surface area contributed by atoms with Crippen LogP contribution in [-0.4, -0.2) is 3.90 Å². The Kier molecular flexibility index (Phi) is 4.36. The van der Waals surface area contributed by atoms with E-state index in [9.17, 15) is 0 Å². The van der Waals surface area contributed by atoms with Crippen LogP contribution in [-0.2, 0) is 19.4 Å². The molecular weight excluding hydrogens is 268 g/mol. The van der Waals surface area contributed by atoms with Crippen molar-refractivity contribution in [1.82, 2.24) is 0 Å². The first-order valence-corrected chi connectivity index (χ1v) is 4.10. The third-order valence-corrected chi connectivity index (χ3v) is 1.27. The Morgan fingerprint density at radius 2 is 2.12 bits per heavy atom. The van der Waals surface area contributed by atoms with Gasteiger partial charge in [-0.25, -0.2) is 0 Å². The normalized spacial score (nSPS) is 11.6. The Morgan fingerprint density at radius 3 is 2.25 bits per heavy atom. The van der Waals surface area contributed by atoms with Crippen molar-refractivity contribution >= 4 is 3.90 Å². The van der Waals surface area contributed by atoms with Crippen LogP contribution in [0.25, 0.3) is 0 Å². The van der Waals surface area contributed by atoms with Gasteiger partial charge in [-0.3, -0.25) is 0 Å². The summed E-state index contributed by atoms with van der Waals surface area (Å²) >= 11 is 1.55. The summed E-state index contributed by atoms with van der Waals surface area (Å²) in [4.78, 5) is 0. The van der Waals surface area contributed by atoms with Crippen LogP contribution in [0.2, 0.25) is 0 Å². The van der Waals surface area contributed by atoms with Crippen molar-refractivity contribution in [2.75, 3.05) is 0 Å². The molecule has 0 bridgehead atoms. The third kappa shape index (κ3) is 4.46. The van der Waals surface area contributed by atoms with E-state index in [0.717, 1.165) is 6.42 Å². The van der Waals surface area contributed by atoms with Crippen molar-refractivity contribution in [2.24, 2.45) is 0 Å². The van der Waals surface area contributed by atoms with E-state index in [1.807, 2.05) is 0 Å². The maximum atomic E-state index is 3.77. The molecule has 0 aromatic rings. The molecule has 0 saturated heterocycles. The molecule has 0 spiro atoms. The summed E-state index contributed by atoms with van der Waals surface area (Å²) in [5.74, 6) is 0. The molecule has 0 fully saturated rings. The van der Waals surface area contributed by atoms with Crippen molar-refractivity contribution in [3.63, 3.8) is 0 Å². The molecule has 1 heteroatoms. The first-order chi connectivity index (χ1) is 3.66. The predicted molar refractivity (Wildman–Crippen MR) is 34.4 cm³/mol. The minimum absolute atomic E-state index is 0.935. The van der Waals surface area contributed by atoms with Crippen molar-refractivity contribution < 1.29 is 19.4 Å². The van der Waals surface area contributed by atoms with E-state index in [4.69, 9.17) is 0 Å². The second-order valence-corrected chi connectivity index (χ2v) is 4.16. The Bertz CT molecular complexity index is 112. The fourth-order valence-electron chi connectivity index (χ4n) is 0.419. The molecule has 0 radical (unpaired) electrons. The van der Waals surface area contributed by atoms with E-state index in [1.54, 1.807) is 19.4 Å². The van der Waals surface area contributed by atoms with Gasteiger partial charge in [0.2, 0.25) is 0 Å². The van der Waals surface area contributed by atoms with Crippen LogP contribution in [0, 0.1) is 6.92 Å². The van der Waals surface area contributed by atoms with Gasteiger partial charge in [0.15, 0.2) is 0 Å². The second-order valence-electron chi connectivity index (χ2n) is 1.85. The minimum atomic E-state index is 0.935. The average Bonchev–Trinajstić information content (AvgIpc) is 1.65. The fourth-order valence-corrected chi connectivity index (χ4v) is 1.14. The maximum absolute atomic E-state index is 3.77. The fraction of sp³-hybridized carbons (Fsp3) is 0.429. The van der Waals surface area contributed by atoms with E-state index in [1.165, 1.54) is 9.47 Å². The van der Waals surface area contributed by atoms with Crippen molar-refractivity contribution in [1.29, 1.82) is 0 Å². The molecule has 0 rings (SSSR count). The number of allylic oxidation sites excluding steroid dienone is 2. The summed E-state index contributed by atoms with van der Waals surface area (Å²) in [6.45, 7) is 8.01. The number of hydrogen-bond acceptors (Lipinski definition) is 0. The molecule has 0 aliphatic carbocycles. The van der Waals surface area contributed by atoms with Crippen LogP contribution in [0.5, 0.6) is 0 Å². The topological polar surface area (TPSA) is 0 Å². The Balaban J connectivity index is 3.75. The quantitative estimate of drug-likeness (QED) is 0.677. The first kappa shape index (κ1) is 8.30. The molecule has 0 heterocycles. The summed E-state index contributed by atoms with van der Waals surface area (Å²) in [6.07, 6.45) is 3.13. The first-order valence-electron chi connectivity index (χ1n) is 2.64. The van der Waals surface area contributed by atoms with Crippen LogP contribution in [0.3, 0.4) is 0 Å². The SMILES string of the molecule is [CH2-]C/C(C)=C\[C](C)=[W]. The molecule has 0 nitrogen and oxygen atoms in total. The van der Waals surface area contributed by atoms with Crippen molar-refractivity contribution in [3.8, 4) is 0 Å². The molecule has 0 unspecified atom stereocenters. The molecule has 0 aromatic heterocycles. The van der Waals surface area contributed by atoms with Gasteiger partial charge in [0.1, 0.15) is 0 Å². The van der Waals surface area contributed by atoms with Gasteiger partial charge < -0.3 is 0 Å². The average molecular weight is 279 g/mol. The molecule has 0 aliphatic rings. The van der Waals surface area contributed by atoms with E-state index < -0.39 is 0 Å². The molecule has 0 amide bonds. The van der Waals surface area contributed by atoms with Crippen LogP contribution >= 0.6 is 0 Å². The van der Waals surface area contributed by atoms with E-state index >= 15 is 0 Å². The number of rotatable bonds is 2.